The fraction of sp³-hybridized carbons (Fsp3) is 0. The molecule has 0 aromatic heterocycles. The first-order chi connectivity index (χ1) is 8.97. The Balaban J connectivity index is 2.33. The molecule has 2 rings (SSSR count). The molecule has 2 aromatic carbocycles. The number of nitrogens with one attached hydrogen (secondary N) is 1. The van der Waals surface area contributed by atoms with Crippen LogP contribution in [0.2, 0.25) is 0 Å². The van der Waals surface area contributed by atoms with Gasteiger partial charge in [0.1, 0.15) is 22.4 Å². The van der Waals surface area contributed by atoms with Gasteiger partial charge in [0.15, 0.2) is 0 Å². The summed E-state index contributed by atoms with van der Waals surface area (Å²) < 4.78 is 40.1. The summed E-state index contributed by atoms with van der Waals surface area (Å²) in [5.74, 6) is -1.96. The molecule has 0 amide bonds. The summed E-state index contributed by atoms with van der Waals surface area (Å²) in [4.78, 5) is 0.0578. The molecule has 0 atom stereocenters. The molecule has 2 aromatic rings. The van der Waals surface area contributed by atoms with E-state index in [0.717, 1.165) is 24.3 Å². The Kier molecular flexibility index (Phi) is 3.71. The van der Waals surface area contributed by atoms with Crippen LogP contribution in [0.1, 0.15) is 5.56 Å². The maximum absolute atomic E-state index is 13.7. The predicted molar refractivity (Wildman–Crippen MR) is 71.9 cm³/mol. The lowest BCUT2D eigenvalue weighted by molar-refractivity contribution is 0.602. The van der Waals surface area contributed by atoms with Crippen molar-refractivity contribution in [1.29, 1.82) is 0 Å². The lowest BCUT2D eigenvalue weighted by atomic mass is 10.2. The summed E-state index contributed by atoms with van der Waals surface area (Å²) in [5, 5.41) is 2.47. The first-order valence-corrected chi connectivity index (χ1v) is 5.69. The lowest BCUT2D eigenvalue weighted by Gasteiger charge is -2.09. The number of hydrogen-bond acceptors (Lipinski definition) is 2. The zero-order valence-electron chi connectivity index (χ0n) is 9.58. The van der Waals surface area contributed by atoms with Crippen molar-refractivity contribution in [2.75, 3.05) is 5.32 Å². The molecule has 0 bridgehead atoms. The average molecular weight is 282 g/mol. The summed E-state index contributed by atoms with van der Waals surface area (Å²) in [5.41, 5.74) is 5.58. The molecule has 2 nitrogen and oxygen atoms in total. The highest BCUT2D eigenvalue weighted by molar-refractivity contribution is 7.80. The molecule has 0 heterocycles. The Labute approximate surface area is 113 Å². The molecule has 0 fully saturated rings. The summed E-state index contributed by atoms with van der Waals surface area (Å²) in [6, 6.07) is 6.85. The quantitative estimate of drug-likeness (QED) is 0.846. The third kappa shape index (κ3) is 3.03. The average Bonchev–Trinajstić information content (AvgIpc) is 2.36. The third-order valence-electron chi connectivity index (χ3n) is 2.45. The van der Waals surface area contributed by atoms with E-state index in [1.807, 2.05) is 0 Å². The number of rotatable bonds is 3. The number of halogens is 3. The van der Waals surface area contributed by atoms with Crippen LogP contribution in [0, 0.1) is 17.5 Å². The fourth-order valence-corrected chi connectivity index (χ4v) is 1.64. The van der Waals surface area contributed by atoms with Crippen molar-refractivity contribution in [3.63, 3.8) is 0 Å². The second-order valence-electron chi connectivity index (χ2n) is 3.81. The molecular weight excluding hydrogens is 273 g/mol. The van der Waals surface area contributed by atoms with Crippen molar-refractivity contribution in [1.82, 2.24) is 0 Å². The van der Waals surface area contributed by atoms with Gasteiger partial charge in [0.25, 0.3) is 0 Å². The van der Waals surface area contributed by atoms with Crippen LogP contribution in [-0.4, -0.2) is 4.99 Å². The van der Waals surface area contributed by atoms with Crippen LogP contribution in [0.15, 0.2) is 36.4 Å². The number of benzene rings is 2. The van der Waals surface area contributed by atoms with Gasteiger partial charge in [-0.1, -0.05) is 12.2 Å². The number of hydrogen-bond donors (Lipinski definition) is 2. The molecule has 0 unspecified atom stereocenters. The number of anilines is 2. The van der Waals surface area contributed by atoms with Gasteiger partial charge in [-0.15, -0.1) is 0 Å². The second-order valence-corrected chi connectivity index (χ2v) is 4.25. The molecule has 98 valence electrons. The van der Waals surface area contributed by atoms with Crippen molar-refractivity contribution in [3.05, 3.63) is 59.4 Å². The van der Waals surface area contributed by atoms with Gasteiger partial charge in [-0.25, -0.2) is 13.2 Å². The fourth-order valence-electron chi connectivity index (χ4n) is 1.51. The molecule has 0 aliphatic rings. The maximum Gasteiger partial charge on any atom is 0.147 e. The molecular formula is C13H9F3N2S. The zero-order chi connectivity index (χ0) is 14.0. The van der Waals surface area contributed by atoms with Gasteiger partial charge in [0, 0.05) is 11.6 Å². The summed E-state index contributed by atoms with van der Waals surface area (Å²) in [6.45, 7) is 0. The molecule has 0 radical (unpaired) electrons. The predicted octanol–water partition coefficient (Wildman–Crippen LogP) is 3.48. The van der Waals surface area contributed by atoms with Crippen LogP contribution >= 0.6 is 12.2 Å². The minimum absolute atomic E-state index is 0.00417. The summed E-state index contributed by atoms with van der Waals surface area (Å²) in [7, 11) is 0. The largest absolute Gasteiger partial charge is 0.389 e. The minimum atomic E-state index is -0.681. The molecule has 0 aliphatic heterocycles. The smallest absolute Gasteiger partial charge is 0.147 e. The van der Waals surface area contributed by atoms with Crippen LogP contribution in [0.5, 0.6) is 0 Å². The highest BCUT2D eigenvalue weighted by atomic mass is 32.1. The highest BCUT2D eigenvalue weighted by Gasteiger charge is 2.09. The van der Waals surface area contributed by atoms with E-state index in [1.54, 1.807) is 0 Å². The minimum Gasteiger partial charge on any atom is -0.389 e. The zero-order valence-corrected chi connectivity index (χ0v) is 10.4. The lowest BCUT2D eigenvalue weighted by Crippen LogP contribution is -2.10. The van der Waals surface area contributed by atoms with Gasteiger partial charge in [-0.05, 0) is 30.3 Å². The number of thiocarbonyl (C=S) groups is 1. The Morgan fingerprint density at radius 2 is 1.68 bits per heavy atom. The topological polar surface area (TPSA) is 38.0 Å². The highest BCUT2D eigenvalue weighted by Crippen LogP contribution is 2.23. The van der Waals surface area contributed by atoms with Crippen LogP contribution in [0.25, 0.3) is 0 Å². The van der Waals surface area contributed by atoms with Gasteiger partial charge >= 0.3 is 0 Å². The van der Waals surface area contributed by atoms with E-state index in [1.165, 1.54) is 12.1 Å². The van der Waals surface area contributed by atoms with Crippen molar-refractivity contribution in [2.24, 2.45) is 5.73 Å². The van der Waals surface area contributed by atoms with Gasteiger partial charge in [0.05, 0.1) is 11.4 Å². The number of nitrogens with two attached hydrogens (primary N) is 1. The van der Waals surface area contributed by atoms with Gasteiger partial charge in [-0.2, -0.15) is 0 Å². The monoisotopic (exact) mass is 282 g/mol. The standard InChI is InChI=1S/C13H9F3N2S/c14-8-2-3-9(15)12(6-8)18-11-4-1-7(13(17)19)5-10(11)16/h1-6,18H,(H2,17,19). The van der Waals surface area contributed by atoms with Crippen LogP contribution in [0.4, 0.5) is 24.5 Å². The Morgan fingerprint density at radius 3 is 2.32 bits per heavy atom. The molecule has 0 aliphatic carbocycles. The Hall–Kier alpha value is -2.08. The van der Waals surface area contributed by atoms with Crippen LogP contribution < -0.4 is 11.1 Å². The Morgan fingerprint density at radius 1 is 0.947 bits per heavy atom. The van der Waals surface area contributed by atoms with E-state index in [-0.39, 0.29) is 16.4 Å². The van der Waals surface area contributed by atoms with E-state index in [0.29, 0.717) is 5.56 Å². The normalized spacial score (nSPS) is 10.3. The summed E-state index contributed by atoms with van der Waals surface area (Å²) in [6.07, 6.45) is 0. The molecule has 19 heavy (non-hydrogen) atoms. The van der Waals surface area contributed by atoms with Crippen molar-refractivity contribution in [2.45, 2.75) is 0 Å². The molecule has 0 saturated heterocycles. The van der Waals surface area contributed by atoms with Crippen LogP contribution in [-0.2, 0) is 0 Å². The first kappa shape index (κ1) is 13.4. The van der Waals surface area contributed by atoms with Gasteiger partial charge < -0.3 is 11.1 Å². The van der Waals surface area contributed by atoms with Crippen molar-refractivity contribution >= 4 is 28.6 Å². The molecule has 3 N–H and O–H groups in total. The maximum atomic E-state index is 13.7. The molecule has 0 spiro atoms. The van der Waals surface area contributed by atoms with E-state index in [2.05, 4.69) is 5.32 Å². The second kappa shape index (κ2) is 5.27. The van der Waals surface area contributed by atoms with E-state index in [9.17, 15) is 13.2 Å². The summed E-state index contributed by atoms with van der Waals surface area (Å²) >= 11 is 4.71. The van der Waals surface area contributed by atoms with E-state index in [4.69, 9.17) is 18.0 Å². The van der Waals surface area contributed by atoms with E-state index >= 15 is 0 Å². The SMILES string of the molecule is NC(=S)c1ccc(Nc2cc(F)ccc2F)c(F)c1. The van der Waals surface area contributed by atoms with Gasteiger partial charge in [-0.3, -0.25) is 0 Å². The third-order valence-corrected chi connectivity index (χ3v) is 2.69. The Bertz CT molecular complexity index is 644. The van der Waals surface area contributed by atoms with E-state index < -0.39 is 17.5 Å². The van der Waals surface area contributed by atoms with Crippen LogP contribution in [0.3, 0.4) is 0 Å². The van der Waals surface area contributed by atoms with Crippen molar-refractivity contribution < 1.29 is 13.2 Å². The molecule has 6 heteroatoms. The first-order valence-electron chi connectivity index (χ1n) is 5.29. The van der Waals surface area contributed by atoms with Gasteiger partial charge in [0.2, 0.25) is 0 Å². The van der Waals surface area contributed by atoms with Crippen molar-refractivity contribution in [3.8, 4) is 0 Å². The molecule has 0 saturated carbocycles.